The number of pyridine rings is 1. The van der Waals surface area contributed by atoms with Gasteiger partial charge in [0, 0.05) is 6.20 Å². The predicted molar refractivity (Wildman–Crippen MR) is 58.4 cm³/mol. The Morgan fingerprint density at radius 1 is 1.53 bits per heavy atom. The molecule has 0 radical (unpaired) electrons. The van der Waals surface area contributed by atoms with Crippen LogP contribution in [0.1, 0.15) is 18.9 Å². The van der Waals surface area contributed by atoms with Crippen molar-refractivity contribution in [1.82, 2.24) is 4.98 Å². The third-order valence-electron chi connectivity index (χ3n) is 2.01. The number of carbonyl (C=O) groups excluding carboxylic acids is 1. The lowest BCUT2D eigenvalue weighted by molar-refractivity contribution is -0.137. The Bertz CT molecular complexity index is 392. The van der Waals surface area contributed by atoms with Gasteiger partial charge in [0.25, 0.3) is 0 Å². The molecule has 0 aliphatic heterocycles. The van der Waals surface area contributed by atoms with Gasteiger partial charge < -0.3 is 5.73 Å². The number of thioether (sulfide) groups is 1. The topological polar surface area (TPSA) is 56.0 Å². The molecule has 1 rings (SSSR count). The zero-order chi connectivity index (χ0) is 13.1. The van der Waals surface area contributed by atoms with E-state index in [2.05, 4.69) is 4.98 Å². The molecule has 0 aliphatic rings. The molecule has 1 amide bonds. The maximum absolute atomic E-state index is 12.3. The van der Waals surface area contributed by atoms with Crippen molar-refractivity contribution in [2.24, 2.45) is 5.73 Å². The summed E-state index contributed by atoms with van der Waals surface area (Å²) in [5.74, 6) is -0.501. The van der Waals surface area contributed by atoms with Crippen LogP contribution in [0.25, 0.3) is 0 Å². The average molecular weight is 264 g/mol. The van der Waals surface area contributed by atoms with Gasteiger partial charge in [-0.3, -0.25) is 4.79 Å². The molecule has 1 aromatic rings. The van der Waals surface area contributed by atoms with E-state index in [1.165, 1.54) is 6.07 Å². The fourth-order valence-electron chi connectivity index (χ4n) is 1.11. The zero-order valence-corrected chi connectivity index (χ0v) is 9.81. The number of rotatable bonds is 4. The average Bonchev–Trinajstić information content (AvgIpc) is 2.25. The molecular formula is C10H11F3N2OS. The van der Waals surface area contributed by atoms with E-state index in [-0.39, 0.29) is 0 Å². The van der Waals surface area contributed by atoms with Crippen molar-refractivity contribution in [2.45, 2.75) is 29.8 Å². The van der Waals surface area contributed by atoms with Gasteiger partial charge in [0.1, 0.15) is 0 Å². The molecule has 0 saturated carbocycles. The van der Waals surface area contributed by atoms with Gasteiger partial charge in [-0.25, -0.2) is 4.98 Å². The molecule has 0 aromatic carbocycles. The number of nitrogens with zero attached hydrogens (tertiary/aromatic N) is 1. The monoisotopic (exact) mass is 264 g/mol. The minimum absolute atomic E-state index is 0.351. The number of alkyl halides is 3. The van der Waals surface area contributed by atoms with Gasteiger partial charge in [0.05, 0.1) is 15.8 Å². The highest BCUT2D eigenvalue weighted by molar-refractivity contribution is 8.00. The van der Waals surface area contributed by atoms with E-state index < -0.39 is 22.9 Å². The molecule has 0 bridgehead atoms. The normalized spacial score (nSPS) is 13.4. The highest BCUT2D eigenvalue weighted by Gasteiger charge is 2.30. The van der Waals surface area contributed by atoms with E-state index in [0.29, 0.717) is 11.4 Å². The lowest BCUT2D eigenvalue weighted by atomic mass is 10.3. The zero-order valence-electron chi connectivity index (χ0n) is 8.99. The summed E-state index contributed by atoms with van der Waals surface area (Å²) in [4.78, 5) is 14.6. The van der Waals surface area contributed by atoms with Crippen molar-refractivity contribution in [3.05, 3.63) is 23.9 Å². The molecule has 17 heavy (non-hydrogen) atoms. The van der Waals surface area contributed by atoms with Crippen molar-refractivity contribution in [1.29, 1.82) is 0 Å². The van der Waals surface area contributed by atoms with Crippen LogP contribution in [0.4, 0.5) is 13.2 Å². The number of aromatic nitrogens is 1. The molecule has 1 atom stereocenters. The number of halogens is 3. The molecule has 0 saturated heterocycles. The van der Waals surface area contributed by atoms with Crippen molar-refractivity contribution >= 4 is 17.7 Å². The molecule has 1 heterocycles. The van der Waals surface area contributed by atoms with Crippen molar-refractivity contribution < 1.29 is 18.0 Å². The molecule has 0 fully saturated rings. The van der Waals surface area contributed by atoms with Crippen molar-refractivity contribution in [2.75, 3.05) is 0 Å². The minimum atomic E-state index is -4.40. The van der Waals surface area contributed by atoms with Crippen LogP contribution in [-0.4, -0.2) is 16.1 Å². The molecule has 7 heteroatoms. The van der Waals surface area contributed by atoms with E-state index >= 15 is 0 Å². The van der Waals surface area contributed by atoms with Gasteiger partial charge in [0.15, 0.2) is 0 Å². The second-order valence-electron chi connectivity index (χ2n) is 3.30. The SMILES string of the molecule is CCC(Sc1ccc(C(F)(F)F)cn1)C(N)=O. The van der Waals surface area contributed by atoms with E-state index in [1.54, 1.807) is 6.92 Å². The van der Waals surface area contributed by atoms with Crippen LogP contribution < -0.4 is 5.73 Å². The molecule has 2 N–H and O–H groups in total. The smallest absolute Gasteiger partial charge is 0.369 e. The first-order valence-electron chi connectivity index (χ1n) is 4.83. The van der Waals surface area contributed by atoms with Gasteiger partial charge in [-0.1, -0.05) is 18.7 Å². The highest BCUT2D eigenvalue weighted by atomic mass is 32.2. The first-order valence-corrected chi connectivity index (χ1v) is 5.71. The summed E-state index contributed by atoms with van der Waals surface area (Å²) >= 11 is 1.06. The quantitative estimate of drug-likeness (QED) is 0.850. The maximum Gasteiger partial charge on any atom is 0.417 e. The third kappa shape index (κ3) is 3.92. The third-order valence-corrected chi connectivity index (χ3v) is 3.35. The number of carbonyl (C=O) groups is 1. The Morgan fingerprint density at radius 3 is 2.53 bits per heavy atom. The van der Waals surface area contributed by atoms with Crippen molar-refractivity contribution in [3.8, 4) is 0 Å². The molecular weight excluding hydrogens is 253 g/mol. The highest BCUT2D eigenvalue weighted by Crippen LogP contribution is 2.30. The Labute approximate surface area is 101 Å². The summed E-state index contributed by atoms with van der Waals surface area (Å²) in [6.45, 7) is 1.77. The van der Waals surface area contributed by atoms with E-state index in [4.69, 9.17) is 5.73 Å². The molecule has 0 aliphatic carbocycles. The molecule has 1 unspecified atom stereocenters. The largest absolute Gasteiger partial charge is 0.417 e. The molecule has 0 spiro atoms. The standard InChI is InChI=1S/C10H11F3N2OS/c1-2-7(9(14)16)17-8-4-3-6(5-15-8)10(11,12)13/h3-5,7H,2H2,1H3,(H2,14,16). The molecule has 3 nitrogen and oxygen atoms in total. The number of amides is 1. The van der Waals surface area contributed by atoms with Gasteiger partial charge >= 0.3 is 6.18 Å². The first-order chi connectivity index (χ1) is 7.84. The van der Waals surface area contributed by atoms with E-state index in [0.717, 1.165) is 24.0 Å². The molecule has 1 aromatic heterocycles. The lowest BCUT2D eigenvalue weighted by Crippen LogP contribution is -2.24. The van der Waals surface area contributed by atoms with Crippen LogP contribution in [0.5, 0.6) is 0 Å². The fraction of sp³-hybridized carbons (Fsp3) is 0.400. The lowest BCUT2D eigenvalue weighted by Gasteiger charge is -2.10. The molecule has 94 valence electrons. The van der Waals surface area contributed by atoms with Crippen LogP contribution >= 0.6 is 11.8 Å². The summed E-state index contributed by atoms with van der Waals surface area (Å²) in [5, 5.41) is -0.122. The fourth-order valence-corrected chi connectivity index (χ4v) is 1.94. The number of primary amides is 1. The Balaban J connectivity index is 2.78. The van der Waals surface area contributed by atoms with Crippen LogP contribution in [0, 0.1) is 0 Å². The van der Waals surface area contributed by atoms with Gasteiger partial charge in [0.2, 0.25) is 5.91 Å². The number of nitrogens with two attached hydrogens (primary N) is 1. The summed E-state index contributed by atoms with van der Waals surface area (Å²) in [7, 11) is 0. The summed E-state index contributed by atoms with van der Waals surface area (Å²) in [6.07, 6.45) is -3.15. The van der Waals surface area contributed by atoms with Gasteiger partial charge in [-0.15, -0.1) is 0 Å². The van der Waals surface area contributed by atoms with Gasteiger partial charge in [-0.05, 0) is 18.6 Å². The van der Waals surface area contributed by atoms with E-state index in [9.17, 15) is 18.0 Å². The second-order valence-corrected chi connectivity index (χ2v) is 4.52. The van der Waals surface area contributed by atoms with Crippen LogP contribution in [0.3, 0.4) is 0 Å². The van der Waals surface area contributed by atoms with Crippen molar-refractivity contribution in [3.63, 3.8) is 0 Å². The van der Waals surface area contributed by atoms with Gasteiger partial charge in [-0.2, -0.15) is 13.2 Å². The second kappa shape index (κ2) is 5.39. The Hall–Kier alpha value is -1.24. The Kier molecular flexibility index (Phi) is 4.39. The number of hydrogen-bond donors (Lipinski definition) is 1. The first kappa shape index (κ1) is 13.8. The van der Waals surface area contributed by atoms with E-state index in [1.807, 2.05) is 0 Å². The Morgan fingerprint density at radius 2 is 2.18 bits per heavy atom. The number of hydrogen-bond acceptors (Lipinski definition) is 3. The predicted octanol–water partition coefficient (Wildman–Crippen LogP) is 2.46. The summed E-state index contributed by atoms with van der Waals surface area (Å²) in [6, 6.07) is 2.17. The minimum Gasteiger partial charge on any atom is -0.369 e. The van der Waals surface area contributed by atoms with Crippen LogP contribution in [0.15, 0.2) is 23.4 Å². The van der Waals surface area contributed by atoms with Crippen LogP contribution in [0.2, 0.25) is 0 Å². The summed E-state index contributed by atoms with van der Waals surface area (Å²) in [5.41, 5.74) is 4.32. The summed E-state index contributed by atoms with van der Waals surface area (Å²) < 4.78 is 36.8. The maximum atomic E-state index is 12.3. The van der Waals surface area contributed by atoms with Crippen LogP contribution in [-0.2, 0) is 11.0 Å².